The third-order valence-corrected chi connectivity index (χ3v) is 3.80. The van der Waals surface area contributed by atoms with Crippen LogP contribution in [0.15, 0.2) is 60.9 Å². The number of nitrogens with zero attached hydrogens (tertiary/aromatic N) is 1. The van der Waals surface area contributed by atoms with Crippen molar-refractivity contribution in [2.75, 3.05) is 5.32 Å². The number of nitrogens with one attached hydrogen (secondary N) is 1. The summed E-state index contributed by atoms with van der Waals surface area (Å²) in [6.07, 6.45) is 4.26. The molecule has 0 saturated heterocycles. The fourth-order valence-electron chi connectivity index (χ4n) is 2.39. The largest absolute Gasteiger partial charge is 0.504 e. The number of benzene rings is 2. The van der Waals surface area contributed by atoms with Gasteiger partial charge in [-0.05, 0) is 47.9 Å². The summed E-state index contributed by atoms with van der Waals surface area (Å²) >= 11 is 0. The van der Waals surface area contributed by atoms with Crippen LogP contribution in [-0.2, 0) is 13.0 Å². The van der Waals surface area contributed by atoms with Gasteiger partial charge >= 0.3 is 0 Å². The van der Waals surface area contributed by atoms with E-state index in [1.807, 2.05) is 25.1 Å². The Morgan fingerprint density at radius 1 is 1.08 bits per heavy atom. The Bertz CT molecular complexity index is 854. The van der Waals surface area contributed by atoms with Crippen molar-refractivity contribution in [1.82, 2.24) is 4.98 Å². The van der Waals surface area contributed by atoms with E-state index in [2.05, 4.69) is 10.3 Å². The molecule has 0 fully saturated rings. The molecule has 0 aliphatic heterocycles. The topological polar surface area (TPSA) is 54.4 Å². The van der Waals surface area contributed by atoms with E-state index in [0.717, 1.165) is 17.5 Å². The number of aromatic hydroxyl groups is 1. The lowest BCUT2D eigenvalue weighted by molar-refractivity contribution is 0.395. The summed E-state index contributed by atoms with van der Waals surface area (Å²) in [5.41, 5.74) is 2.63. The molecule has 0 amide bonds. The van der Waals surface area contributed by atoms with Gasteiger partial charge in [-0.1, -0.05) is 19.1 Å². The van der Waals surface area contributed by atoms with Crippen LogP contribution in [0.1, 0.15) is 18.1 Å². The molecule has 1 aromatic heterocycles. The molecule has 4 nitrogen and oxygen atoms in total. The van der Waals surface area contributed by atoms with E-state index >= 15 is 0 Å². The van der Waals surface area contributed by atoms with Crippen LogP contribution in [0, 0.1) is 5.82 Å². The highest BCUT2D eigenvalue weighted by Gasteiger charge is 2.10. The molecule has 0 unspecified atom stereocenters. The summed E-state index contributed by atoms with van der Waals surface area (Å²) in [6.45, 7) is 2.54. The maximum Gasteiger partial charge on any atom is 0.169 e. The summed E-state index contributed by atoms with van der Waals surface area (Å²) in [5, 5.41) is 13.1. The predicted octanol–water partition coefficient (Wildman–Crippen LogP) is 4.89. The summed E-state index contributed by atoms with van der Waals surface area (Å²) in [7, 11) is 0. The Labute approximate surface area is 145 Å². The van der Waals surface area contributed by atoms with Gasteiger partial charge in [0.1, 0.15) is 0 Å². The normalized spacial score (nSPS) is 10.5. The Balaban J connectivity index is 1.69. The molecule has 2 aromatic carbocycles. The minimum Gasteiger partial charge on any atom is -0.504 e. The number of phenols is 1. The summed E-state index contributed by atoms with van der Waals surface area (Å²) < 4.78 is 19.8. The van der Waals surface area contributed by atoms with Gasteiger partial charge in [-0.2, -0.15) is 0 Å². The highest BCUT2D eigenvalue weighted by atomic mass is 19.1. The molecule has 0 saturated carbocycles. The van der Waals surface area contributed by atoms with Gasteiger partial charge in [0.15, 0.2) is 23.1 Å². The van der Waals surface area contributed by atoms with Crippen LogP contribution in [0.25, 0.3) is 0 Å². The number of anilines is 1. The zero-order valence-electron chi connectivity index (χ0n) is 13.9. The van der Waals surface area contributed by atoms with Crippen LogP contribution in [-0.4, -0.2) is 10.1 Å². The van der Waals surface area contributed by atoms with Crippen LogP contribution in [0.5, 0.6) is 17.2 Å². The maximum atomic E-state index is 14.3. The smallest absolute Gasteiger partial charge is 0.169 e. The molecule has 1 heterocycles. The second-order valence-corrected chi connectivity index (χ2v) is 5.62. The van der Waals surface area contributed by atoms with Crippen LogP contribution in [0.4, 0.5) is 10.1 Å². The number of rotatable bonds is 6. The van der Waals surface area contributed by atoms with Gasteiger partial charge in [0, 0.05) is 30.7 Å². The predicted molar refractivity (Wildman–Crippen MR) is 95.5 cm³/mol. The lowest BCUT2D eigenvalue weighted by Gasteiger charge is -2.11. The molecule has 0 spiro atoms. The fraction of sp³-hybridized carbons (Fsp3) is 0.150. The van der Waals surface area contributed by atoms with E-state index in [1.54, 1.807) is 30.6 Å². The molecule has 3 rings (SSSR count). The first-order valence-electron chi connectivity index (χ1n) is 8.08. The Hall–Kier alpha value is -3.08. The summed E-state index contributed by atoms with van der Waals surface area (Å²) in [5.74, 6) is -0.216. The molecule has 2 N–H and O–H groups in total. The minimum absolute atomic E-state index is 0.00229. The highest BCUT2D eigenvalue weighted by Crippen LogP contribution is 2.33. The number of pyridine rings is 1. The van der Waals surface area contributed by atoms with E-state index in [1.165, 1.54) is 12.1 Å². The van der Waals surface area contributed by atoms with Crippen molar-refractivity contribution in [2.45, 2.75) is 19.9 Å². The average molecular weight is 338 g/mol. The third kappa shape index (κ3) is 4.26. The van der Waals surface area contributed by atoms with Gasteiger partial charge in [-0.25, -0.2) is 4.39 Å². The number of aryl methyl sites for hydroxylation is 1. The molecule has 128 valence electrons. The van der Waals surface area contributed by atoms with E-state index in [0.29, 0.717) is 12.2 Å². The molecule has 25 heavy (non-hydrogen) atoms. The number of phenolic OH excluding ortho intramolecular Hbond substituents is 1. The second kappa shape index (κ2) is 7.66. The molecule has 0 radical (unpaired) electrons. The quantitative estimate of drug-likeness (QED) is 0.672. The molecule has 0 bridgehead atoms. The van der Waals surface area contributed by atoms with E-state index < -0.39 is 5.82 Å². The number of halogens is 1. The lowest BCUT2D eigenvalue weighted by Crippen LogP contribution is -2.00. The first-order valence-corrected chi connectivity index (χ1v) is 8.08. The van der Waals surface area contributed by atoms with Crippen molar-refractivity contribution in [3.63, 3.8) is 0 Å². The molecule has 5 heteroatoms. The van der Waals surface area contributed by atoms with E-state index in [-0.39, 0.29) is 17.2 Å². The molecule has 0 atom stereocenters. The van der Waals surface area contributed by atoms with Gasteiger partial charge < -0.3 is 15.2 Å². The van der Waals surface area contributed by atoms with Gasteiger partial charge in [-0.3, -0.25) is 4.98 Å². The molecular formula is C20H19FN2O2. The lowest BCUT2D eigenvalue weighted by atomic mass is 10.1. The van der Waals surface area contributed by atoms with Gasteiger partial charge in [0.05, 0.1) is 0 Å². The van der Waals surface area contributed by atoms with Crippen molar-refractivity contribution in [3.05, 3.63) is 77.9 Å². The Morgan fingerprint density at radius 3 is 2.60 bits per heavy atom. The SMILES string of the molecule is CCc1ccc(Oc2ccc(NCc3cccnc3)cc2F)c(O)c1. The van der Waals surface area contributed by atoms with Gasteiger partial charge in [0.25, 0.3) is 0 Å². The first-order chi connectivity index (χ1) is 12.2. The molecule has 0 aliphatic carbocycles. The van der Waals surface area contributed by atoms with Crippen molar-refractivity contribution >= 4 is 5.69 Å². The monoisotopic (exact) mass is 338 g/mol. The fourth-order valence-corrected chi connectivity index (χ4v) is 2.39. The van der Waals surface area contributed by atoms with Gasteiger partial charge in [-0.15, -0.1) is 0 Å². The van der Waals surface area contributed by atoms with Crippen molar-refractivity contribution < 1.29 is 14.2 Å². The zero-order chi connectivity index (χ0) is 17.6. The number of hydrogen-bond acceptors (Lipinski definition) is 4. The number of hydrogen-bond donors (Lipinski definition) is 2. The molecule has 3 aromatic rings. The highest BCUT2D eigenvalue weighted by molar-refractivity contribution is 5.50. The van der Waals surface area contributed by atoms with E-state index in [4.69, 9.17) is 4.74 Å². The van der Waals surface area contributed by atoms with Crippen LogP contribution in [0.2, 0.25) is 0 Å². The molecular weight excluding hydrogens is 319 g/mol. The summed E-state index contributed by atoms with van der Waals surface area (Å²) in [4.78, 5) is 4.04. The van der Waals surface area contributed by atoms with Gasteiger partial charge in [0.2, 0.25) is 0 Å². The second-order valence-electron chi connectivity index (χ2n) is 5.62. The van der Waals surface area contributed by atoms with Crippen molar-refractivity contribution in [3.8, 4) is 17.2 Å². The van der Waals surface area contributed by atoms with Crippen LogP contribution >= 0.6 is 0 Å². The van der Waals surface area contributed by atoms with E-state index in [9.17, 15) is 9.50 Å². The Morgan fingerprint density at radius 2 is 1.92 bits per heavy atom. The van der Waals surface area contributed by atoms with Crippen LogP contribution < -0.4 is 10.1 Å². The van der Waals surface area contributed by atoms with Crippen molar-refractivity contribution in [2.24, 2.45) is 0 Å². The molecule has 0 aliphatic rings. The minimum atomic E-state index is -0.504. The van der Waals surface area contributed by atoms with Crippen molar-refractivity contribution in [1.29, 1.82) is 0 Å². The maximum absolute atomic E-state index is 14.3. The van der Waals surface area contributed by atoms with Crippen LogP contribution in [0.3, 0.4) is 0 Å². The average Bonchev–Trinajstić information content (AvgIpc) is 2.64. The third-order valence-electron chi connectivity index (χ3n) is 3.80. The number of ether oxygens (including phenoxy) is 1. The Kier molecular flexibility index (Phi) is 5.14. The zero-order valence-corrected chi connectivity index (χ0v) is 13.9. The first kappa shape index (κ1) is 16.8. The standard InChI is InChI=1S/C20H19FN2O2/c1-2-14-5-7-20(18(24)10-14)25-19-8-6-16(11-17(19)21)23-13-15-4-3-9-22-12-15/h3-12,23-24H,2,13H2,1H3. The number of aromatic nitrogens is 1. The summed E-state index contributed by atoms with van der Waals surface area (Å²) in [6, 6.07) is 13.5.